The highest BCUT2D eigenvalue weighted by Gasteiger charge is 2.25. The van der Waals surface area contributed by atoms with Crippen LogP contribution in [0.3, 0.4) is 0 Å². The Labute approximate surface area is 175 Å². The highest BCUT2D eigenvalue weighted by molar-refractivity contribution is 6.29. The van der Waals surface area contributed by atoms with Gasteiger partial charge in [0.15, 0.2) is 5.22 Å². The van der Waals surface area contributed by atoms with Gasteiger partial charge in [-0.15, -0.1) is 0 Å². The first-order chi connectivity index (χ1) is 14.5. The van der Waals surface area contributed by atoms with E-state index in [1.165, 1.54) is 6.07 Å². The average molecular weight is 438 g/mol. The van der Waals surface area contributed by atoms with E-state index in [-0.39, 0.29) is 45.9 Å². The number of halogens is 3. The fraction of sp³-hybridized carbons (Fsp3) is 0.316. The maximum Gasteiger partial charge on any atom is 0.321 e. The lowest BCUT2D eigenvalue weighted by Gasteiger charge is -2.28. The molecule has 3 aromatic rings. The van der Waals surface area contributed by atoms with E-state index in [1.54, 1.807) is 11.8 Å². The molecular weight excluding hydrogens is 420 g/mol. The quantitative estimate of drug-likeness (QED) is 0.647. The molecule has 1 aromatic carbocycles. The van der Waals surface area contributed by atoms with Gasteiger partial charge in [0.05, 0.1) is 17.9 Å². The van der Waals surface area contributed by atoms with Crippen LogP contribution in [0.25, 0.3) is 22.5 Å². The van der Waals surface area contributed by atoms with Crippen LogP contribution < -0.4 is 15.4 Å². The van der Waals surface area contributed by atoms with E-state index in [2.05, 4.69) is 20.6 Å². The van der Waals surface area contributed by atoms with Crippen LogP contribution in [0.4, 0.5) is 19.3 Å². The van der Waals surface area contributed by atoms with Crippen molar-refractivity contribution in [1.29, 1.82) is 0 Å². The van der Waals surface area contributed by atoms with Crippen LogP contribution in [-0.4, -0.2) is 53.7 Å². The summed E-state index contributed by atoms with van der Waals surface area (Å²) in [5.74, 6) is -1.79. The summed E-state index contributed by atoms with van der Waals surface area (Å²) in [7, 11) is 0. The molecule has 0 spiro atoms. The molecule has 0 saturated carbocycles. The van der Waals surface area contributed by atoms with Gasteiger partial charge in [-0.25, -0.2) is 18.6 Å². The number of furan rings is 1. The zero-order chi connectivity index (χ0) is 21.3. The minimum Gasteiger partial charge on any atom is -0.476 e. The number of carbonyl (C=O) groups is 1. The molecule has 0 unspecified atom stereocenters. The molecule has 2 amide bonds. The normalized spacial score (nSPS) is 14.2. The second-order valence-corrected chi connectivity index (χ2v) is 6.90. The van der Waals surface area contributed by atoms with E-state index in [4.69, 9.17) is 20.8 Å². The van der Waals surface area contributed by atoms with E-state index < -0.39 is 17.7 Å². The van der Waals surface area contributed by atoms with Crippen LogP contribution in [0.2, 0.25) is 5.22 Å². The minimum atomic E-state index is -0.921. The molecule has 158 valence electrons. The second kappa shape index (κ2) is 8.41. The predicted octanol–water partition coefficient (Wildman–Crippen LogP) is 3.66. The van der Waals surface area contributed by atoms with Crippen LogP contribution >= 0.6 is 11.6 Å². The van der Waals surface area contributed by atoms with Crippen molar-refractivity contribution in [2.75, 3.05) is 38.1 Å². The standard InChI is InChI=1S/C19H18ClF2N5O3/c1-2-29-18-16(24-13-9-14(20)30-17(13)26-18)15-11(22)7-10(21)8-12(15)25-19(28)27-5-3-23-4-6-27/h7-9,23H,2-6H2,1H3,(H,25,28). The Morgan fingerprint density at radius 3 is 2.80 bits per heavy atom. The Balaban J connectivity index is 1.82. The Morgan fingerprint density at radius 2 is 2.07 bits per heavy atom. The number of carbonyl (C=O) groups excluding carboxylic acids is 1. The van der Waals surface area contributed by atoms with Crippen LogP contribution in [0, 0.1) is 11.6 Å². The van der Waals surface area contributed by atoms with Crippen molar-refractivity contribution < 1.29 is 22.7 Å². The van der Waals surface area contributed by atoms with E-state index >= 15 is 0 Å². The van der Waals surface area contributed by atoms with E-state index in [9.17, 15) is 13.6 Å². The third-order valence-corrected chi connectivity index (χ3v) is 4.71. The lowest BCUT2D eigenvalue weighted by molar-refractivity contribution is 0.204. The van der Waals surface area contributed by atoms with Crippen molar-refractivity contribution in [3.05, 3.63) is 35.1 Å². The average Bonchev–Trinajstić information content (AvgIpc) is 3.07. The lowest BCUT2D eigenvalue weighted by atomic mass is 10.1. The molecule has 1 saturated heterocycles. The van der Waals surface area contributed by atoms with Gasteiger partial charge < -0.3 is 24.7 Å². The smallest absolute Gasteiger partial charge is 0.321 e. The van der Waals surface area contributed by atoms with E-state index in [1.807, 2.05) is 0 Å². The molecule has 1 fully saturated rings. The maximum atomic E-state index is 14.9. The summed E-state index contributed by atoms with van der Waals surface area (Å²) in [5, 5.41) is 5.77. The van der Waals surface area contributed by atoms with Crippen LogP contribution in [-0.2, 0) is 0 Å². The minimum absolute atomic E-state index is 0.00470. The number of hydrogen-bond donors (Lipinski definition) is 2. The van der Waals surface area contributed by atoms with Crippen molar-refractivity contribution in [1.82, 2.24) is 20.2 Å². The largest absolute Gasteiger partial charge is 0.476 e. The summed E-state index contributed by atoms with van der Waals surface area (Å²) < 4.78 is 39.7. The number of benzene rings is 1. The summed E-state index contributed by atoms with van der Waals surface area (Å²) in [4.78, 5) is 22.8. The number of fused-ring (bicyclic) bond motifs is 1. The van der Waals surface area contributed by atoms with Gasteiger partial charge in [0, 0.05) is 38.3 Å². The summed E-state index contributed by atoms with van der Waals surface area (Å²) in [6.07, 6.45) is 0. The molecule has 1 aliphatic rings. The van der Waals surface area contributed by atoms with E-state index in [0.29, 0.717) is 32.2 Å². The number of ether oxygens (including phenoxy) is 1. The molecule has 2 aromatic heterocycles. The number of urea groups is 1. The monoisotopic (exact) mass is 437 g/mol. The highest BCUT2D eigenvalue weighted by atomic mass is 35.5. The first-order valence-corrected chi connectivity index (χ1v) is 9.70. The Morgan fingerprint density at radius 1 is 1.30 bits per heavy atom. The van der Waals surface area contributed by atoms with Crippen molar-refractivity contribution in [3.63, 3.8) is 0 Å². The van der Waals surface area contributed by atoms with Crippen molar-refractivity contribution in [3.8, 4) is 17.1 Å². The molecule has 1 aliphatic heterocycles. The number of amides is 2. The van der Waals surface area contributed by atoms with Crippen LogP contribution in [0.15, 0.2) is 22.6 Å². The molecule has 11 heteroatoms. The van der Waals surface area contributed by atoms with Gasteiger partial charge in [-0.1, -0.05) is 0 Å². The third-order valence-electron chi connectivity index (χ3n) is 4.52. The first kappa shape index (κ1) is 20.3. The molecule has 8 nitrogen and oxygen atoms in total. The fourth-order valence-corrected chi connectivity index (χ4v) is 3.37. The molecule has 4 rings (SSSR count). The molecule has 30 heavy (non-hydrogen) atoms. The summed E-state index contributed by atoms with van der Waals surface area (Å²) in [5.41, 5.74) is 0.146. The zero-order valence-corrected chi connectivity index (χ0v) is 16.7. The predicted molar refractivity (Wildman–Crippen MR) is 107 cm³/mol. The molecule has 3 heterocycles. The van der Waals surface area contributed by atoms with E-state index in [0.717, 1.165) is 6.07 Å². The van der Waals surface area contributed by atoms with Crippen LogP contribution in [0.1, 0.15) is 6.92 Å². The fourth-order valence-electron chi connectivity index (χ4n) is 3.19. The highest BCUT2D eigenvalue weighted by Crippen LogP contribution is 2.37. The Hall–Kier alpha value is -2.98. The van der Waals surface area contributed by atoms with Crippen molar-refractivity contribution in [2.24, 2.45) is 0 Å². The topological polar surface area (TPSA) is 92.5 Å². The number of anilines is 1. The second-order valence-electron chi connectivity index (χ2n) is 6.53. The van der Waals surface area contributed by atoms with Crippen molar-refractivity contribution in [2.45, 2.75) is 6.92 Å². The van der Waals surface area contributed by atoms with Gasteiger partial charge in [-0.05, 0) is 24.6 Å². The number of nitrogens with zero attached hydrogens (tertiary/aromatic N) is 3. The van der Waals surface area contributed by atoms with Gasteiger partial charge in [-0.2, -0.15) is 4.98 Å². The Kier molecular flexibility index (Phi) is 5.69. The van der Waals surface area contributed by atoms with Crippen molar-refractivity contribution >= 4 is 34.5 Å². The molecule has 0 bridgehead atoms. The van der Waals surface area contributed by atoms with Gasteiger partial charge in [0.25, 0.3) is 0 Å². The maximum absolute atomic E-state index is 14.9. The van der Waals surface area contributed by atoms with Gasteiger partial charge in [0.1, 0.15) is 22.8 Å². The lowest BCUT2D eigenvalue weighted by Crippen LogP contribution is -2.48. The zero-order valence-electron chi connectivity index (χ0n) is 16.0. The summed E-state index contributed by atoms with van der Waals surface area (Å²) >= 11 is 5.87. The third kappa shape index (κ3) is 4.01. The van der Waals surface area contributed by atoms with Gasteiger partial charge in [-0.3, -0.25) is 0 Å². The summed E-state index contributed by atoms with van der Waals surface area (Å²) in [6.45, 7) is 4.15. The number of piperazine rings is 1. The molecule has 0 radical (unpaired) electrons. The van der Waals surface area contributed by atoms with Gasteiger partial charge in [0.2, 0.25) is 11.6 Å². The molecule has 0 atom stereocenters. The van der Waals surface area contributed by atoms with Crippen LogP contribution in [0.5, 0.6) is 5.88 Å². The van der Waals surface area contributed by atoms with Gasteiger partial charge >= 0.3 is 6.03 Å². The molecule has 0 aliphatic carbocycles. The molecule has 2 N–H and O–H groups in total. The molecular formula is C19H18ClF2N5O3. The SMILES string of the molecule is CCOc1nc2oc(Cl)cc2nc1-c1c(F)cc(F)cc1NC(=O)N1CCNCC1. The Bertz CT molecular complexity index is 1100. The number of nitrogens with one attached hydrogen (secondary N) is 2. The first-order valence-electron chi connectivity index (χ1n) is 9.32. The summed E-state index contributed by atoms with van der Waals surface area (Å²) in [6, 6.07) is 2.69. The number of rotatable bonds is 4. The number of aromatic nitrogens is 2. The number of hydrogen-bond acceptors (Lipinski definition) is 6.